The van der Waals surface area contributed by atoms with Gasteiger partial charge in [0.1, 0.15) is 0 Å². The minimum Gasteiger partial charge on any atom is -0.478 e. The zero-order valence-corrected chi connectivity index (χ0v) is 9.42. The molecule has 4 heteroatoms. The average Bonchev–Trinajstić information content (AvgIpc) is 2.20. The molecule has 1 aromatic heterocycles. The smallest absolute Gasteiger partial charge is 0.215 e. The highest BCUT2D eigenvalue weighted by atomic mass is 35.5. The third-order valence-electron chi connectivity index (χ3n) is 2.59. The molecule has 1 aliphatic rings. The van der Waals surface area contributed by atoms with Crippen LogP contribution in [-0.4, -0.2) is 16.7 Å². The van der Waals surface area contributed by atoms with E-state index >= 15 is 0 Å². The fourth-order valence-electron chi connectivity index (χ4n) is 1.89. The molecule has 82 valence electrons. The van der Waals surface area contributed by atoms with Gasteiger partial charge in [0.05, 0.1) is 23.4 Å². The van der Waals surface area contributed by atoms with Crippen LogP contribution in [0.15, 0.2) is 6.07 Å². The molecule has 1 unspecified atom stereocenters. The first-order chi connectivity index (χ1) is 7.22. The summed E-state index contributed by atoms with van der Waals surface area (Å²) in [5.41, 5.74) is 1.66. The van der Waals surface area contributed by atoms with Crippen molar-refractivity contribution < 1.29 is 9.84 Å². The Morgan fingerprint density at radius 1 is 1.67 bits per heavy atom. The molecule has 15 heavy (non-hydrogen) atoms. The predicted molar refractivity (Wildman–Crippen MR) is 58.3 cm³/mol. The summed E-state index contributed by atoms with van der Waals surface area (Å²) >= 11 is 6.12. The van der Waals surface area contributed by atoms with Crippen LogP contribution in [0.5, 0.6) is 5.88 Å². The second-order valence-corrected chi connectivity index (χ2v) is 4.05. The number of pyridine rings is 1. The Bertz CT molecular complexity index is 368. The summed E-state index contributed by atoms with van der Waals surface area (Å²) in [6, 6.07) is 1.72. The van der Waals surface area contributed by atoms with Crippen molar-refractivity contribution in [1.29, 1.82) is 0 Å². The van der Waals surface area contributed by atoms with Crippen molar-refractivity contribution in [3.8, 4) is 5.88 Å². The molecule has 0 bridgehead atoms. The van der Waals surface area contributed by atoms with E-state index in [9.17, 15) is 5.11 Å². The van der Waals surface area contributed by atoms with Gasteiger partial charge in [-0.05, 0) is 31.7 Å². The maximum atomic E-state index is 9.80. The average molecular weight is 228 g/mol. The zero-order valence-electron chi connectivity index (χ0n) is 8.66. The molecule has 0 amide bonds. The quantitative estimate of drug-likeness (QED) is 0.844. The summed E-state index contributed by atoms with van der Waals surface area (Å²) in [5, 5.41) is 10.5. The Labute approximate surface area is 94.0 Å². The van der Waals surface area contributed by atoms with Crippen LogP contribution in [0.1, 0.15) is 37.1 Å². The SMILES string of the molecule is CCOc1cc(Cl)c2c(n1)C(O)CCC2. The van der Waals surface area contributed by atoms with Crippen LogP contribution in [0.3, 0.4) is 0 Å². The standard InChI is InChI=1S/C11H14ClNO2/c1-2-15-10-6-8(12)7-4-3-5-9(14)11(7)13-10/h6,9,14H,2-5H2,1H3. The Morgan fingerprint density at radius 3 is 3.20 bits per heavy atom. The second kappa shape index (κ2) is 4.37. The Morgan fingerprint density at radius 2 is 2.47 bits per heavy atom. The summed E-state index contributed by atoms with van der Waals surface area (Å²) in [7, 11) is 0. The lowest BCUT2D eigenvalue weighted by molar-refractivity contribution is 0.150. The monoisotopic (exact) mass is 227 g/mol. The van der Waals surface area contributed by atoms with Crippen molar-refractivity contribution >= 4 is 11.6 Å². The molecule has 0 fully saturated rings. The number of hydrogen-bond acceptors (Lipinski definition) is 3. The van der Waals surface area contributed by atoms with Crippen molar-refractivity contribution in [2.75, 3.05) is 6.61 Å². The van der Waals surface area contributed by atoms with Crippen LogP contribution in [0.2, 0.25) is 5.02 Å². The molecule has 0 aromatic carbocycles. The van der Waals surface area contributed by atoms with Crippen LogP contribution in [0.4, 0.5) is 0 Å². The van der Waals surface area contributed by atoms with Crippen molar-refractivity contribution in [2.24, 2.45) is 0 Å². The van der Waals surface area contributed by atoms with Crippen molar-refractivity contribution in [3.05, 3.63) is 22.3 Å². The molecule has 1 heterocycles. The van der Waals surface area contributed by atoms with Gasteiger partial charge < -0.3 is 9.84 Å². The molecule has 1 aromatic rings. The van der Waals surface area contributed by atoms with Gasteiger partial charge in [-0.3, -0.25) is 0 Å². The number of nitrogens with zero attached hydrogens (tertiary/aromatic N) is 1. The molecule has 0 radical (unpaired) electrons. The van der Waals surface area contributed by atoms with Crippen LogP contribution in [-0.2, 0) is 6.42 Å². The lowest BCUT2D eigenvalue weighted by atomic mass is 9.94. The third-order valence-corrected chi connectivity index (χ3v) is 2.93. The topological polar surface area (TPSA) is 42.4 Å². The second-order valence-electron chi connectivity index (χ2n) is 3.65. The van der Waals surface area contributed by atoms with Gasteiger partial charge in [-0.25, -0.2) is 4.98 Å². The Kier molecular flexibility index (Phi) is 3.12. The molecular weight excluding hydrogens is 214 g/mol. The summed E-state index contributed by atoms with van der Waals surface area (Å²) < 4.78 is 5.29. The number of halogens is 1. The Balaban J connectivity index is 2.42. The normalized spacial score (nSPS) is 19.8. The lowest BCUT2D eigenvalue weighted by Gasteiger charge is -2.21. The highest BCUT2D eigenvalue weighted by molar-refractivity contribution is 6.31. The van der Waals surface area contributed by atoms with Gasteiger partial charge in [0.2, 0.25) is 5.88 Å². The lowest BCUT2D eigenvalue weighted by Crippen LogP contribution is -2.13. The first-order valence-corrected chi connectivity index (χ1v) is 5.60. The number of ether oxygens (including phenoxy) is 1. The van der Waals surface area contributed by atoms with E-state index in [0.29, 0.717) is 23.2 Å². The van der Waals surface area contributed by atoms with Crippen molar-refractivity contribution in [2.45, 2.75) is 32.3 Å². The van der Waals surface area contributed by atoms with Gasteiger partial charge in [-0.2, -0.15) is 0 Å². The molecule has 1 N–H and O–H groups in total. The maximum Gasteiger partial charge on any atom is 0.215 e. The third kappa shape index (κ3) is 2.08. The van der Waals surface area contributed by atoms with Gasteiger partial charge in [-0.1, -0.05) is 11.6 Å². The number of hydrogen-bond donors (Lipinski definition) is 1. The van der Waals surface area contributed by atoms with Crippen molar-refractivity contribution in [3.63, 3.8) is 0 Å². The van der Waals surface area contributed by atoms with Gasteiger partial charge in [0, 0.05) is 6.07 Å². The maximum absolute atomic E-state index is 9.80. The first-order valence-electron chi connectivity index (χ1n) is 5.22. The molecule has 2 rings (SSSR count). The van der Waals surface area contributed by atoms with E-state index in [0.717, 1.165) is 24.8 Å². The number of fused-ring (bicyclic) bond motifs is 1. The number of aliphatic hydroxyl groups excluding tert-OH is 1. The fraction of sp³-hybridized carbons (Fsp3) is 0.545. The van der Waals surface area contributed by atoms with E-state index in [1.807, 2.05) is 6.92 Å². The van der Waals surface area contributed by atoms with Crippen LogP contribution in [0.25, 0.3) is 0 Å². The zero-order chi connectivity index (χ0) is 10.8. The minimum atomic E-state index is -0.494. The van der Waals surface area contributed by atoms with E-state index in [-0.39, 0.29) is 0 Å². The van der Waals surface area contributed by atoms with Gasteiger partial charge >= 0.3 is 0 Å². The highest BCUT2D eigenvalue weighted by Gasteiger charge is 2.22. The van der Waals surface area contributed by atoms with Crippen LogP contribution in [0, 0.1) is 0 Å². The van der Waals surface area contributed by atoms with E-state index in [2.05, 4.69) is 4.98 Å². The summed E-state index contributed by atoms with van der Waals surface area (Å²) in [6.07, 6.45) is 2.12. The summed E-state index contributed by atoms with van der Waals surface area (Å²) in [5.74, 6) is 0.502. The molecule has 3 nitrogen and oxygen atoms in total. The fourth-order valence-corrected chi connectivity index (χ4v) is 2.17. The van der Waals surface area contributed by atoms with Gasteiger partial charge in [0.25, 0.3) is 0 Å². The highest BCUT2D eigenvalue weighted by Crippen LogP contribution is 2.34. The molecule has 1 aliphatic carbocycles. The summed E-state index contributed by atoms with van der Waals surface area (Å²) in [6.45, 7) is 2.45. The molecule has 0 aliphatic heterocycles. The number of aliphatic hydroxyl groups is 1. The summed E-state index contributed by atoms with van der Waals surface area (Å²) in [4.78, 5) is 4.29. The predicted octanol–water partition coefficient (Wildman–Crippen LogP) is 2.50. The van der Waals surface area contributed by atoms with E-state index in [4.69, 9.17) is 16.3 Å². The van der Waals surface area contributed by atoms with Crippen LogP contribution >= 0.6 is 11.6 Å². The Hall–Kier alpha value is -0.800. The number of rotatable bonds is 2. The molecule has 0 saturated heterocycles. The van der Waals surface area contributed by atoms with Crippen molar-refractivity contribution in [1.82, 2.24) is 4.98 Å². The van der Waals surface area contributed by atoms with E-state index < -0.39 is 6.10 Å². The molecule has 0 spiro atoms. The minimum absolute atomic E-state index is 0.494. The van der Waals surface area contributed by atoms with E-state index in [1.54, 1.807) is 6.07 Å². The number of aromatic nitrogens is 1. The molecule has 0 saturated carbocycles. The van der Waals surface area contributed by atoms with Gasteiger partial charge in [0.15, 0.2) is 0 Å². The van der Waals surface area contributed by atoms with E-state index in [1.165, 1.54) is 0 Å². The largest absolute Gasteiger partial charge is 0.478 e. The molecule has 1 atom stereocenters. The van der Waals surface area contributed by atoms with Crippen LogP contribution < -0.4 is 4.74 Å². The van der Waals surface area contributed by atoms with Gasteiger partial charge in [-0.15, -0.1) is 0 Å². The molecular formula is C11H14ClNO2. The first kappa shape index (κ1) is 10.7.